The van der Waals surface area contributed by atoms with Crippen molar-refractivity contribution in [1.82, 2.24) is 15.1 Å². The van der Waals surface area contributed by atoms with Gasteiger partial charge < -0.3 is 24.8 Å². The molecule has 3 heterocycles. The molecule has 0 spiro atoms. The van der Waals surface area contributed by atoms with E-state index in [4.69, 9.17) is 4.74 Å². The van der Waals surface area contributed by atoms with Gasteiger partial charge in [-0.1, -0.05) is 12.8 Å². The lowest BCUT2D eigenvalue weighted by molar-refractivity contribution is -0.142. The Morgan fingerprint density at radius 3 is 2.41 bits per heavy atom. The zero-order valence-corrected chi connectivity index (χ0v) is 18.7. The van der Waals surface area contributed by atoms with Crippen LogP contribution in [0.1, 0.15) is 42.5 Å². The summed E-state index contributed by atoms with van der Waals surface area (Å²) in [4.78, 5) is 45.4. The molecule has 3 aliphatic heterocycles. The molecular formula is C24H32N4O4. The Morgan fingerprint density at radius 2 is 1.72 bits per heavy atom. The first-order valence-corrected chi connectivity index (χ1v) is 11.8. The predicted molar refractivity (Wildman–Crippen MR) is 120 cm³/mol. The van der Waals surface area contributed by atoms with Crippen LogP contribution in [0.3, 0.4) is 0 Å². The summed E-state index contributed by atoms with van der Waals surface area (Å²) in [6, 6.07) is 7.18. The number of ketones is 1. The number of nitrogens with one attached hydrogen (secondary N) is 1. The van der Waals surface area contributed by atoms with E-state index in [-0.39, 0.29) is 30.3 Å². The summed E-state index contributed by atoms with van der Waals surface area (Å²) in [5.74, 6) is -0.376. The first-order chi connectivity index (χ1) is 15.5. The second-order valence-electron chi connectivity index (χ2n) is 9.63. The van der Waals surface area contributed by atoms with Gasteiger partial charge in [-0.25, -0.2) is 0 Å². The maximum Gasteiger partial charge on any atom is 0.252 e. The van der Waals surface area contributed by atoms with Gasteiger partial charge in [0.2, 0.25) is 5.91 Å². The molecule has 1 saturated carbocycles. The standard InChI is InChI=1S/C24H32N4O4/c1-26-12-14-27(15-13-26)18-6-4-17(5-7-18)22(30)25-24(9-2-3-10-24)23(31)28-11-8-20-21(28)19(29)16-32-20/h4-7,20-21H,2-3,8-16H2,1H3,(H,25,30)/t20-,21-/m1/s1. The van der Waals surface area contributed by atoms with E-state index in [1.807, 2.05) is 24.3 Å². The van der Waals surface area contributed by atoms with Gasteiger partial charge in [0.05, 0.1) is 6.10 Å². The Balaban J connectivity index is 1.29. The minimum atomic E-state index is -0.926. The summed E-state index contributed by atoms with van der Waals surface area (Å²) in [7, 11) is 2.13. The lowest BCUT2D eigenvalue weighted by Gasteiger charge is -2.35. The van der Waals surface area contributed by atoms with Crippen LogP contribution in [-0.2, 0) is 14.3 Å². The highest BCUT2D eigenvalue weighted by Crippen LogP contribution is 2.36. The molecule has 4 aliphatic rings. The summed E-state index contributed by atoms with van der Waals surface area (Å²) < 4.78 is 5.55. The molecule has 2 atom stereocenters. The molecule has 8 heteroatoms. The Labute approximate surface area is 188 Å². The first kappa shape index (κ1) is 21.4. The Hall–Kier alpha value is -2.45. The number of amides is 2. The van der Waals surface area contributed by atoms with Crippen molar-refractivity contribution in [2.24, 2.45) is 0 Å². The molecule has 3 saturated heterocycles. The van der Waals surface area contributed by atoms with Crippen molar-refractivity contribution in [3.8, 4) is 0 Å². The number of piperazine rings is 1. The van der Waals surface area contributed by atoms with Crippen LogP contribution in [0.4, 0.5) is 5.69 Å². The quantitative estimate of drug-likeness (QED) is 0.754. The molecule has 1 aromatic carbocycles. The van der Waals surface area contributed by atoms with Crippen LogP contribution < -0.4 is 10.2 Å². The molecule has 5 rings (SSSR count). The van der Waals surface area contributed by atoms with Crippen LogP contribution in [0.25, 0.3) is 0 Å². The van der Waals surface area contributed by atoms with E-state index in [1.165, 1.54) is 0 Å². The van der Waals surface area contributed by atoms with E-state index < -0.39 is 11.6 Å². The van der Waals surface area contributed by atoms with E-state index >= 15 is 0 Å². The molecule has 4 fully saturated rings. The fourth-order valence-electron chi connectivity index (χ4n) is 5.65. The van der Waals surface area contributed by atoms with Crippen LogP contribution in [0, 0.1) is 0 Å². The van der Waals surface area contributed by atoms with E-state index in [0.29, 0.717) is 31.4 Å². The third kappa shape index (κ3) is 3.79. The molecule has 172 valence electrons. The van der Waals surface area contributed by atoms with Crippen molar-refractivity contribution in [3.05, 3.63) is 29.8 Å². The number of rotatable bonds is 4. The molecule has 1 aromatic rings. The topological polar surface area (TPSA) is 82.2 Å². The third-order valence-corrected chi connectivity index (χ3v) is 7.59. The van der Waals surface area contributed by atoms with Gasteiger partial charge in [0.15, 0.2) is 5.78 Å². The van der Waals surface area contributed by atoms with Crippen molar-refractivity contribution < 1.29 is 19.1 Å². The summed E-state index contributed by atoms with van der Waals surface area (Å²) in [5.41, 5.74) is 0.746. The lowest BCUT2D eigenvalue weighted by atomic mass is 9.93. The van der Waals surface area contributed by atoms with Crippen molar-refractivity contribution in [3.63, 3.8) is 0 Å². The molecule has 2 amide bonds. The van der Waals surface area contributed by atoms with Crippen molar-refractivity contribution in [2.75, 3.05) is 51.3 Å². The average molecular weight is 441 g/mol. The number of carbonyl (C=O) groups excluding carboxylic acids is 3. The van der Waals surface area contributed by atoms with Gasteiger partial charge in [0, 0.05) is 44.0 Å². The number of Topliss-reactive ketones (excluding diaryl/α,β-unsaturated/α-hetero) is 1. The van der Waals surface area contributed by atoms with Crippen LogP contribution in [-0.4, -0.2) is 91.5 Å². The number of carbonyl (C=O) groups is 3. The fraction of sp³-hybridized carbons (Fsp3) is 0.625. The fourth-order valence-corrected chi connectivity index (χ4v) is 5.65. The second-order valence-corrected chi connectivity index (χ2v) is 9.63. The zero-order valence-electron chi connectivity index (χ0n) is 18.7. The van der Waals surface area contributed by atoms with Crippen molar-refractivity contribution in [1.29, 1.82) is 0 Å². The number of hydrogen-bond donors (Lipinski definition) is 1. The summed E-state index contributed by atoms with van der Waals surface area (Å²) in [5, 5.41) is 3.08. The highest BCUT2D eigenvalue weighted by Gasteiger charge is 2.53. The molecule has 8 nitrogen and oxygen atoms in total. The van der Waals surface area contributed by atoms with Crippen LogP contribution in [0.5, 0.6) is 0 Å². The number of likely N-dealkylation sites (tertiary alicyclic amines) is 1. The molecule has 0 aromatic heterocycles. The maximum atomic E-state index is 13.6. The van der Waals surface area contributed by atoms with Gasteiger partial charge in [0.25, 0.3) is 5.91 Å². The van der Waals surface area contributed by atoms with Gasteiger partial charge >= 0.3 is 0 Å². The van der Waals surface area contributed by atoms with Gasteiger partial charge in [0.1, 0.15) is 18.2 Å². The number of benzene rings is 1. The molecule has 32 heavy (non-hydrogen) atoms. The molecular weight excluding hydrogens is 408 g/mol. The third-order valence-electron chi connectivity index (χ3n) is 7.59. The van der Waals surface area contributed by atoms with E-state index in [0.717, 1.165) is 44.7 Å². The normalized spacial score (nSPS) is 27.6. The summed E-state index contributed by atoms with van der Waals surface area (Å²) >= 11 is 0. The number of ether oxygens (including phenoxy) is 1. The van der Waals surface area contributed by atoms with Gasteiger partial charge in [-0.05, 0) is 50.6 Å². The van der Waals surface area contributed by atoms with Gasteiger partial charge in [-0.15, -0.1) is 0 Å². The smallest absolute Gasteiger partial charge is 0.252 e. The minimum absolute atomic E-state index is 0.0279. The molecule has 1 N–H and O–H groups in total. The summed E-state index contributed by atoms with van der Waals surface area (Å²) in [6.45, 7) is 4.59. The highest BCUT2D eigenvalue weighted by molar-refractivity contribution is 6.01. The number of fused-ring (bicyclic) bond motifs is 1. The minimum Gasteiger partial charge on any atom is -0.369 e. The second kappa shape index (κ2) is 8.48. The number of nitrogens with zero attached hydrogens (tertiary/aromatic N) is 3. The Kier molecular flexibility index (Phi) is 5.67. The predicted octanol–water partition coefficient (Wildman–Crippen LogP) is 1.05. The Bertz CT molecular complexity index is 888. The average Bonchev–Trinajstić information content (AvgIpc) is 3.53. The van der Waals surface area contributed by atoms with Gasteiger partial charge in [-0.2, -0.15) is 0 Å². The maximum absolute atomic E-state index is 13.6. The van der Waals surface area contributed by atoms with Gasteiger partial charge in [-0.3, -0.25) is 14.4 Å². The molecule has 0 radical (unpaired) electrons. The molecule has 1 aliphatic carbocycles. The first-order valence-electron chi connectivity index (χ1n) is 11.8. The van der Waals surface area contributed by atoms with Crippen molar-refractivity contribution >= 4 is 23.3 Å². The number of hydrogen-bond acceptors (Lipinski definition) is 6. The summed E-state index contributed by atoms with van der Waals surface area (Å²) in [6.07, 6.45) is 3.49. The SMILES string of the molecule is CN1CCN(c2ccc(C(=O)NC3(C(=O)N4CC[C@H]5OCC(=O)[C@H]54)CCCC3)cc2)CC1. The lowest BCUT2D eigenvalue weighted by Crippen LogP contribution is -2.60. The van der Waals surface area contributed by atoms with Crippen LogP contribution in [0.2, 0.25) is 0 Å². The van der Waals surface area contributed by atoms with E-state index in [1.54, 1.807) is 4.90 Å². The Morgan fingerprint density at radius 1 is 1.03 bits per heavy atom. The largest absolute Gasteiger partial charge is 0.369 e. The highest BCUT2D eigenvalue weighted by atomic mass is 16.5. The monoisotopic (exact) mass is 440 g/mol. The molecule has 0 unspecified atom stereocenters. The van der Waals surface area contributed by atoms with Crippen molar-refractivity contribution in [2.45, 2.75) is 49.8 Å². The van der Waals surface area contributed by atoms with Crippen LogP contribution in [0.15, 0.2) is 24.3 Å². The van der Waals surface area contributed by atoms with E-state index in [9.17, 15) is 14.4 Å². The number of anilines is 1. The number of likely N-dealkylation sites (N-methyl/N-ethyl adjacent to an activating group) is 1. The zero-order chi connectivity index (χ0) is 22.3. The van der Waals surface area contributed by atoms with E-state index in [2.05, 4.69) is 22.2 Å². The molecule has 0 bridgehead atoms. The van der Waals surface area contributed by atoms with Crippen LogP contribution >= 0.6 is 0 Å².